The van der Waals surface area contributed by atoms with Crippen LogP contribution in [0.1, 0.15) is 12.3 Å². The Morgan fingerprint density at radius 1 is 1.53 bits per heavy atom. The number of aliphatic carboxylic acids is 1. The van der Waals surface area contributed by atoms with Crippen molar-refractivity contribution in [2.45, 2.75) is 12.8 Å². The zero-order chi connectivity index (χ0) is 13.8. The number of rotatable bonds is 5. The molecule has 0 spiro atoms. The van der Waals surface area contributed by atoms with Gasteiger partial charge in [-0.3, -0.25) is 4.79 Å². The third-order valence-corrected chi connectivity index (χ3v) is 2.66. The van der Waals surface area contributed by atoms with Crippen molar-refractivity contribution in [1.29, 1.82) is 0 Å². The maximum atomic E-state index is 10.5. The molecule has 0 aliphatic heterocycles. The van der Waals surface area contributed by atoms with Crippen molar-refractivity contribution in [3.8, 4) is 17.1 Å². The van der Waals surface area contributed by atoms with Gasteiger partial charge in [0.05, 0.1) is 19.1 Å². The number of methoxy groups -OCH3 is 1. The van der Waals surface area contributed by atoms with E-state index in [1.54, 1.807) is 18.2 Å². The number of aromatic nitrogens is 2. The summed E-state index contributed by atoms with van der Waals surface area (Å²) in [5, 5.41) is 12.9. The fourth-order valence-corrected chi connectivity index (χ4v) is 1.69. The normalized spacial score (nSPS) is 10.4. The molecule has 0 aliphatic rings. The summed E-state index contributed by atoms with van der Waals surface area (Å²) in [6.45, 7) is 0. The third-order valence-electron chi connectivity index (χ3n) is 2.43. The van der Waals surface area contributed by atoms with Crippen LogP contribution in [0.4, 0.5) is 0 Å². The standard InChI is InChI=1S/C12H11ClN2O4/c1-18-9-6-7(13)2-3-8(9)12-14-10(19-15-12)4-5-11(16)17/h2-3,6H,4-5H2,1H3,(H,16,17). The van der Waals surface area contributed by atoms with Crippen LogP contribution >= 0.6 is 11.6 Å². The fraction of sp³-hybridized carbons (Fsp3) is 0.250. The summed E-state index contributed by atoms with van der Waals surface area (Å²) < 4.78 is 10.2. The van der Waals surface area contributed by atoms with Gasteiger partial charge in [-0.25, -0.2) is 0 Å². The molecule has 0 fully saturated rings. The maximum absolute atomic E-state index is 10.5. The average molecular weight is 283 g/mol. The summed E-state index contributed by atoms with van der Waals surface area (Å²) in [6, 6.07) is 5.05. The second kappa shape index (κ2) is 5.71. The molecular formula is C12H11ClN2O4. The number of carboxylic acid groups (broad SMARTS) is 1. The van der Waals surface area contributed by atoms with E-state index in [4.69, 9.17) is 26.0 Å². The van der Waals surface area contributed by atoms with Gasteiger partial charge >= 0.3 is 5.97 Å². The fourth-order valence-electron chi connectivity index (χ4n) is 1.53. The number of carboxylic acids is 1. The molecule has 7 heteroatoms. The number of nitrogens with zero attached hydrogens (tertiary/aromatic N) is 2. The van der Waals surface area contributed by atoms with E-state index in [1.165, 1.54) is 7.11 Å². The second-order valence-electron chi connectivity index (χ2n) is 3.75. The zero-order valence-corrected chi connectivity index (χ0v) is 10.8. The maximum Gasteiger partial charge on any atom is 0.303 e. The van der Waals surface area contributed by atoms with E-state index >= 15 is 0 Å². The predicted molar refractivity (Wildman–Crippen MR) is 67.3 cm³/mol. The van der Waals surface area contributed by atoms with E-state index in [9.17, 15) is 4.79 Å². The minimum atomic E-state index is -0.913. The van der Waals surface area contributed by atoms with Crippen LogP contribution in [-0.4, -0.2) is 28.3 Å². The third kappa shape index (κ3) is 3.23. The SMILES string of the molecule is COc1cc(Cl)ccc1-c1noc(CCC(=O)O)n1. The molecule has 100 valence electrons. The van der Waals surface area contributed by atoms with E-state index in [1.807, 2.05) is 0 Å². The van der Waals surface area contributed by atoms with Gasteiger partial charge in [0.15, 0.2) is 0 Å². The van der Waals surface area contributed by atoms with Crippen LogP contribution in [0.15, 0.2) is 22.7 Å². The van der Waals surface area contributed by atoms with Crippen molar-refractivity contribution in [2.24, 2.45) is 0 Å². The highest BCUT2D eigenvalue weighted by atomic mass is 35.5. The van der Waals surface area contributed by atoms with Gasteiger partial charge in [0.25, 0.3) is 0 Å². The lowest BCUT2D eigenvalue weighted by atomic mass is 10.2. The Bertz CT molecular complexity index is 597. The smallest absolute Gasteiger partial charge is 0.303 e. The number of hydrogen-bond donors (Lipinski definition) is 1. The van der Waals surface area contributed by atoms with Gasteiger partial charge in [-0.1, -0.05) is 16.8 Å². The van der Waals surface area contributed by atoms with Crippen LogP contribution in [0.25, 0.3) is 11.4 Å². The second-order valence-corrected chi connectivity index (χ2v) is 4.19. The number of benzene rings is 1. The monoisotopic (exact) mass is 282 g/mol. The first-order valence-corrected chi connectivity index (χ1v) is 5.86. The molecule has 1 N–H and O–H groups in total. The molecule has 0 saturated carbocycles. The van der Waals surface area contributed by atoms with Crippen LogP contribution in [-0.2, 0) is 11.2 Å². The molecule has 0 unspecified atom stereocenters. The van der Waals surface area contributed by atoms with Crippen molar-refractivity contribution in [3.63, 3.8) is 0 Å². The molecule has 0 amide bonds. The Kier molecular flexibility index (Phi) is 4.01. The lowest BCUT2D eigenvalue weighted by Gasteiger charge is -2.04. The van der Waals surface area contributed by atoms with Crippen LogP contribution in [0.5, 0.6) is 5.75 Å². The average Bonchev–Trinajstić information content (AvgIpc) is 2.84. The van der Waals surface area contributed by atoms with Crippen molar-refractivity contribution in [1.82, 2.24) is 10.1 Å². The van der Waals surface area contributed by atoms with Crippen LogP contribution in [0.3, 0.4) is 0 Å². The number of aryl methyl sites for hydroxylation is 1. The Hall–Kier alpha value is -2.08. The molecule has 0 radical (unpaired) electrons. The first-order valence-electron chi connectivity index (χ1n) is 5.48. The van der Waals surface area contributed by atoms with Gasteiger partial charge in [-0.05, 0) is 18.2 Å². The van der Waals surface area contributed by atoms with Crippen molar-refractivity contribution < 1.29 is 19.2 Å². The van der Waals surface area contributed by atoms with Crippen LogP contribution in [0.2, 0.25) is 5.02 Å². The van der Waals surface area contributed by atoms with E-state index in [0.717, 1.165) is 0 Å². The van der Waals surface area contributed by atoms with Crippen LogP contribution in [0, 0.1) is 0 Å². The summed E-state index contributed by atoms with van der Waals surface area (Å²) in [5.41, 5.74) is 0.636. The molecule has 19 heavy (non-hydrogen) atoms. The lowest BCUT2D eigenvalue weighted by Crippen LogP contribution is -1.97. The minimum absolute atomic E-state index is 0.0562. The minimum Gasteiger partial charge on any atom is -0.496 e. The van der Waals surface area contributed by atoms with Gasteiger partial charge in [0.2, 0.25) is 11.7 Å². The van der Waals surface area contributed by atoms with Crippen molar-refractivity contribution in [3.05, 3.63) is 29.1 Å². The number of carbonyl (C=O) groups is 1. The quantitative estimate of drug-likeness (QED) is 0.906. The summed E-state index contributed by atoms with van der Waals surface area (Å²) in [4.78, 5) is 14.6. The molecule has 2 aromatic rings. The topological polar surface area (TPSA) is 85.5 Å². The summed E-state index contributed by atoms with van der Waals surface area (Å²) >= 11 is 5.86. The van der Waals surface area contributed by atoms with Gasteiger partial charge in [0.1, 0.15) is 5.75 Å². The van der Waals surface area contributed by atoms with Crippen molar-refractivity contribution in [2.75, 3.05) is 7.11 Å². The zero-order valence-electron chi connectivity index (χ0n) is 10.1. The number of hydrogen-bond acceptors (Lipinski definition) is 5. The van der Waals surface area contributed by atoms with E-state index in [-0.39, 0.29) is 18.7 Å². The Balaban J connectivity index is 2.25. The number of halogens is 1. The molecule has 1 aromatic carbocycles. The van der Waals surface area contributed by atoms with Crippen LogP contribution < -0.4 is 4.74 Å². The molecule has 0 atom stereocenters. The predicted octanol–water partition coefficient (Wildman–Crippen LogP) is 2.42. The highest BCUT2D eigenvalue weighted by Gasteiger charge is 2.14. The van der Waals surface area contributed by atoms with Gasteiger partial charge in [0, 0.05) is 11.4 Å². The Morgan fingerprint density at radius 2 is 2.32 bits per heavy atom. The summed E-state index contributed by atoms with van der Waals surface area (Å²) in [5.74, 6) is 0.227. The van der Waals surface area contributed by atoms with E-state index in [0.29, 0.717) is 22.2 Å². The van der Waals surface area contributed by atoms with Gasteiger partial charge in [-0.15, -0.1) is 0 Å². The molecule has 6 nitrogen and oxygen atoms in total. The van der Waals surface area contributed by atoms with Crippen molar-refractivity contribution >= 4 is 17.6 Å². The molecular weight excluding hydrogens is 272 g/mol. The van der Waals surface area contributed by atoms with Gasteiger partial charge < -0.3 is 14.4 Å². The largest absolute Gasteiger partial charge is 0.496 e. The Labute approximate surface area is 114 Å². The molecule has 1 heterocycles. The summed E-state index contributed by atoms with van der Waals surface area (Å²) in [7, 11) is 1.51. The van der Waals surface area contributed by atoms with Gasteiger partial charge in [-0.2, -0.15) is 4.98 Å². The number of ether oxygens (including phenoxy) is 1. The van der Waals surface area contributed by atoms with E-state index < -0.39 is 5.97 Å². The first kappa shape index (κ1) is 13.4. The first-order chi connectivity index (χ1) is 9.10. The summed E-state index contributed by atoms with van der Waals surface area (Å²) in [6.07, 6.45) is 0.137. The van der Waals surface area contributed by atoms with E-state index in [2.05, 4.69) is 10.1 Å². The highest BCUT2D eigenvalue weighted by molar-refractivity contribution is 6.30. The molecule has 2 rings (SSSR count). The molecule has 1 aromatic heterocycles. The Morgan fingerprint density at radius 3 is 3.00 bits per heavy atom. The molecule has 0 saturated heterocycles. The molecule has 0 bridgehead atoms. The lowest BCUT2D eigenvalue weighted by molar-refractivity contribution is -0.137. The highest BCUT2D eigenvalue weighted by Crippen LogP contribution is 2.30. The molecule has 0 aliphatic carbocycles.